The molecular weight excluding hydrogens is 589 g/mol. The molecule has 0 saturated carbocycles. The molecule has 4 heteroatoms. The van der Waals surface area contributed by atoms with E-state index in [-0.39, 0.29) is 18.9 Å². The summed E-state index contributed by atoms with van der Waals surface area (Å²) >= 11 is 0. The van der Waals surface area contributed by atoms with Crippen LogP contribution >= 0.6 is 0 Å². The second kappa shape index (κ2) is 16.3. The largest absolute Gasteiger partial charge is 1.00 e. The molecule has 49 heavy (non-hydrogen) atoms. The van der Waals surface area contributed by atoms with E-state index in [1.807, 2.05) is 97.5 Å². The van der Waals surface area contributed by atoms with Crippen LogP contribution in [-0.2, 0) is 0 Å². The fraction of sp³-hybridized carbons (Fsp3) is 0. The molecule has 6 aromatic carbocycles. The topological polar surface area (TPSA) is 41.2 Å². The molecule has 0 unspecified atom stereocenters. The van der Waals surface area contributed by atoms with Crippen molar-refractivity contribution in [3.8, 4) is 33.8 Å². The van der Waals surface area contributed by atoms with Crippen LogP contribution in [-0.4, -0.2) is 4.98 Å². The molecule has 9 aromatic rings. The van der Waals surface area contributed by atoms with Crippen molar-refractivity contribution in [2.45, 2.75) is 0 Å². The monoisotopic (exact) mass is 621 g/mol. The third-order valence-corrected chi connectivity index (χ3v) is 8.04. The van der Waals surface area contributed by atoms with Crippen molar-refractivity contribution in [2.75, 3.05) is 0 Å². The molecule has 228 valence electrons. The molecule has 0 aliphatic carbocycles. The molecule has 0 aliphatic rings. The zero-order valence-corrected chi connectivity index (χ0v) is 27.3. The van der Waals surface area contributed by atoms with Crippen molar-refractivity contribution >= 4 is 32.3 Å². The van der Waals surface area contributed by atoms with Crippen LogP contribution < -0.4 is 28.8 Å². The van der Waals surface area contributed by atoms with Crippen LogP contribution in [0, 0.1) is 18.2 Å². The molecule has 0 fully saturated rings. The summed E-state index contributed by atoms with van der Waals surface area (Å²) in [7, 11) is 0. The van der Waals surface area contributed by atoms with E-state index in [1.54, 1.807) is 0 Å². The molecule has 0 aliphatic heterocycles. The fourth-order valence-electron chi connectivity index (χ4n) is 5.74. The Balaban J connectivity index is 0.000000126. The van der Waals surface area contributed by atoms with Gasteiger partial charge in [-0.1, -0.05) is 83.9 Å². The number of pyridine rings is 3. The number of nitrogens with one attached hydrogen (secondary N) is 2. The molecule has 0 spiro atoms. The molecule has 3 aromatic heterocycles. The third kappa shape index (κ3) is 7.83. The summed E-state index contributed by atoms with van der Waals surface area (Å²) in [6, 6.07) is 64.9. The molecular formula is C45H32LiN3. The first-order valence-electron chi connectivity index (χ1n) is 15.9. The zero-order valence-electron chi connectivity index (χ0n) is 27.3. The van der Waals surface area contributed by atoms with Gasteiger partial charge in [0.05, 0.1) is 0 Å². The van der Waals surface area contributed by atoms with E-state index in [2.05, 4.69) is 118 Å². The maximum absolute atomic E-state index is 4.45. The van der Waals surface area contributed by atoms with Crippen LogP contribution in [0.15, 0.2) is 182 Å². The van der Waals surface area contributed by atoms with E-state index in [0.29, 0.717) is 0 Å². The minimum Gasteiger partial charge on any atom is -0.304 e. The van der Waals surface area contributed by atoms with Gasteiger partial charge in [0, 0.05) is 29.1 Å². The fourth-order valence-corrected chi connectivity index (χ4v) is 5.74. The van der Waals surface area contributed by atoms with Gasteiger partial charge >= 0.3 is 18.9 Å². The number of benzene rings is 6. The van der Waals surface area contributed by atoms with Crippen molar-refractivity contribution in [1.29, 1.82) is 0 Å². The van der Waals surface area contributed by atoms with Gasteiger partial charge in [-0.05, 0) is 33.3 Å². The van der Waals surface area contributed by atoms with Gasteiger partial charge in [0.15, 0.2) is 12.4 Å². The van der Waals surface area contributed by atoms with Gasteiger partial charge in [0.25, 0.3) is 0 Å². The van der Waals surface area contributed by atoms with E-state index in [0.717, 1.165) is 33.8 Å². The summed E-state index contributed by atoms with van der Waals surface area (Å²) in [6.07, 6.45) is 5.79. The molecule has 9 rings (SSSR count). The average Bonchev–Trinajstić information content (AvgIpc) is 3.19. The Hall–Kier alpha value is -5.85. The quantitative estimate of drug-likeness (QED) is 0.156. The van der Waals surface area contributed by atoms with Crippen LogP contribution in [0.2, 0.25) is 0 Å². The molecule has 3 heterocycles. The number of H-pyrrole nitrogens is 2. The Morgan fingerprint density at radius 3 is 1.27 bits per heavy atom. The summed E-state index contributed by atoms with van der Waals surface area (Å²) in [5, 5.41) is 7.33. The zero-order chi connectivity index (χ0) is 32.4. The minimum absolute atomic E-state index is 0. The van der Waals surface area contributed by atoms with Crippen LogP contribution in [0.3, 0.4) is 0 Å². The SMILES string of the molecule is [Li+].[c-]1ccccc1-c1[nH+]ccc2ccccc12.[c-]1ccccc1-c1[nH+]ccc2ccccc12.[c-]1ccccc1-c1nccc2ccccc12. The summed E-state index contributed by atoms with van der Waals surface area (Å²) in [5.74, 6) is 0. The first-order chi connectivity index (χ1) is 23.8. The molecule has 2 N–H and O–H groups in total. The number of aromatic amines is 2. The predicted octanol–water partition coefficient (Wildman–Crippen LogP) is 6.95. The number of hydrogen-bond donors (Lipinski definition) is 0. The van der Waals surface area contributed by atoms with Crippen LogP contribution in [0.4, 0.5) is 0 Å². The van der Waals surface area contributed by atoms with Gasteiger partial charge in [-0.25, -0.2) is 0 Å². The maximum Gasteiger partial charge on any atom is 1.00 e. The standard InChI is InChI=1S/3C15H10N.Li/c3*1-2-7-13(8-3-1)15-14-9-5-4-6-12(14)10-11-16-15;/h3*1-7,9-11H;/q3*-1;+1/p+2. The average molecular weight is 622 g/mol. The Labute approximate surface area is 299 Å². The van der Waals surface area contributed by atoms with E-state index in [9.17, 15) is 0 Å². The van der Waals surface area contributed by atoms with Gasteiger partial charge in [0.1, 0.15) is 11.4 Å². The van der Waals surface area contributed by atoms with E-state index >= 15 is 0 Å². The van der Waals surface area contributed by atoms with Gasteiger partial charge in [-0.15, -0.1) is 96.6 Å². The normalized spacial score (nSPS) is 10.3. The van der Waals surface area contributed by atoms with Crippen LogP contribution in [0.25, 0.3) is 66.1 Å². The van der Waals surface area contributed by atoms with Gasteiger partial charge in [0.2, 0.25) is 0 Å². The smallest absolute Gasteiger partial charge is 0.304 e. The second-order valence-electron chi connectivity index (χ2n) is 11.1. The van der Waals surface area contributed by atoms with Crippen molar-refractivity contribution in [1.82, 2.24) is 4.98 Å². The number of hydrogen-bond acceptors (Lipinski definition) is 1. The Kier molecular flexibility index (Phi) is 11.0. The number of fused-ring (bicyclic) bond motifs is 3. The van der Waals surface area contributed by atoms with Gasteiger partial charge < -0.3 is 4.98 Å². The predicted molar refractivity (Wildman–Crippen MR) is 196 cm³/mol. The maximum atomic E-state index is 4.45. The second-order valence-corrected chi connectivity index (χ2v) is 11.1. The molecule has 0 radical (unpaired) electrons. The Morgan fingerprint density at radius 1 is 0.388 bits per heavy atom. The minimum atomic E-state index is 0. The Bertz CT molecular complexity index is 2110. The number of rotatable bonds is 3. The number of nitrogens with zero attached hydrogens (tertiary/aromatic N) is 1. The van der Waals surface area contributed by atoms with E-state index in [1.165, 1.54) is 32.3 Å². The molecule has 0 bridgehead atoms. The van der Waals surface area contributed by atoms with Crippen molar-refractivity contribution in [3.05, 3.63) is 201 Å². The van der Waals surface area contributed by atoms with E-state index in [4.69, 9.17) is 0 Å². The summed E-state index contributed by atoms with van der Waals surface area (Å²) in [5.41, 5.74) is 6.48. The van der Waals surface area contributed by atoms with E-state index < -0.39 is 0 Å². The molecule has 0 atom stereocenters. The van der Waals surface area contributed by atoms with Crippen molar-refractivity contribution in [2.24, 2.45) is 0 Å². The molecule has 0 amide bonds. The molecule has 3 nitrogen and oxygen atoms in total. The third-order valence-electron chi connectivity index (χ3n) is 8.04. The van der Waals surface area contributed by atoms with Crippen molar-refractivity contribution in [3.63, 3.8) is 0 Å². The summed E-state index contributed by atoms with van der Waals surface area (Å²) in [4.78, 5) is 11.0. The molecule has 0 saturated heterocycles. The van der Waals surface area contributed by atoms with Crippen molar-refractivity contribution < 1.29 is 28.8 Å². The first kappa shape index (κ1) is 33.1. The van der Waals surface area contributed by atoms with Gasteiger partial charge in [-0.2, -0.15) is 0 Å². The van der Waals surface area contributed by atoms with Crippen LogP contribution in [0.5, 0.6) is 0 Å². The summed E-state index contributed by atoms with van der Waals surface area (Å²) in [6.45, 7) is 0. The first-order valence-corrected chi connectivity index (χ1v) is 15.9. The van der Waals surface area contributed by atoms with Gasteiger partial charge in [-0.3, -0.25) is 9.97 Å². The number of aromatic nitrogens is 3. The van der Waals surface area contributed by atoms with Crippen LogP contribution in [0.1, 0.15) is 0 Å². The Morgan fingerprint density at radius 2 is 0.796 bits per heavy atom. The summed E-state index contributed by atoms with van der Waals surface area (Å²) < 4.78 is 0.